The monoisotopic (exact) mass is 294 g/mol. The van der Waals surface area contributed by atoms with Gasteiger partial charge in [-0.25, -0.2) is 15.8 Å². The Balaban J connectivity index is 2.26. The van der Waals surface area contributed by atoms with Gasteiger partial charge in [-0.05, 0) is 20.8 Å². The smallest absolute Gasteiger partial charge is 0.245 e. The molecule has 2 rings (SSSR count). The number of aromatic nitrogens is 2. The molecule has 0 saturated carbocycles. The number of ether oxygens (including phenoxy) is 1. The van der Waals surface area contributed by atoms with Crippen LogP contribution in [0.3, 0.4) is 0 Å². The van der Waals surface area contributed by atoms with Crippen molar-refractivity contribution >= 4 is 17.5 Å². The minimum absolute atomic E-state index is 0.0665. The average Bonchev–Trinajstić information content (AvgIpc) is 2.45. The number of hydrazine groups is 1. The number of nitrogens with one attached hydrogen (secondary N) is 2. The number of carbonyl (C=O) groups is 1. The van der Waals surface area contributed by atoms with Crippen LogP contribution in [0.1, 0.15) is 19.7 Å². The minimum atomic E-state index is -0.402. The molecule has 0 radical (unpaired) electrons. The van der Waals surface area contributed by atoms with E-state index in [1.54, 1.807) is 13.0 Å². The molecule has 1 atom stereocenters. The molecular formula is C13H22N6O2. The predicted octanol–water partition coefficient (Wildman–Crippen LogP) is -0.200. The Labute approximate surface area is 124 Å². The van der Waals surface area contributed by atoms with E-state index in [-0.39, 0.29) is 11.9 Å². The van der Waals surface area contributed by atoms with E-state index in [2.05, 4.69) is 20.7 Å². The fraction of sp³-hybridized carbons (Fsp3) is 0.615. The summed E-state index contributed by atoms with van der Waals surface area (Å²) in [5, 5.41) is 2.91. The first-order valence-corrected chi connectivity index (χ1v) is 6.98. The van der Waals surface area contributed by atoms with Crippen molar-refractivity contribution < 1.29 is 9.53 Å². The maximum absolute atomic E-state index is 12.3. The Bertz CT molecular complexity index is 507. The number of anilines is 2. The first-order chi connectivity index (χ1) is 10.0. The molecule has 1 aromatic rings. The molecule has 1 saturated heterocycles. The molecule has 0 aromatic carbocycles. The van der Waals surface area contributed by atoms with Gasteiger partial charge in [0, 0.05) is 18.7 Å². The number of nitrogen functional groups attached to an aromatic ring is 1. The molecule has 0 aliphatic carbocycles. The van der Waals surface area contributed by atoms with Crippen molar-refractivity contribution in [2.75, 3.05) is 30.1 Å². The second kappa shape index (κ2) is 6.68. The van der Waals surface area contributed by atoms with Gasteiger partial charge in [0.2, 0.25) is 5.91 Å². The van der Waals surface area contributed by atoms with Crippen molar-refractivity contribution in [3.63, 3.8) is 0 Å². The van der Waals surface area contributed by atoms with Crippen LogP contribution >= 0.6 is 0 Å². The number of hydrogen-bond donors (Lipinski definition) is 3. The second-order valence-electron chi connectivity index (χ2n) is 5.25. The van der Waals surface area contributed by atoms with Crippen LogP contribution in [0.5, 0.6) is 0 Å². The Morgan fingerprint density at radius 1 is 1.52 bits per heavy atom. The van der Waals surface area contributed by atoms with Crippen LogP contribution in [0.25, 0.3) is 0 Å². The highest BCUT2D eigenvalue weighted by Gasteiger charge is 2.31. The van der Waals surface area contributed by atoms with E-state index in [4.69, 9.17) is 10.6 Å². The second-order valence-corrected chi connectivity index (χ2v) is 5.25. The standard InChI is InChI=1S/C13H22N6O2/c1-8(2)15-13(20)10-7-21-5-4-19(10)12-6-11(18-14)16-9(3)17-12/h6,8,10H,4-5,7,14H2,1-3H3,(H,15,20)(H,16,17,18). The lowest BCUT2D eigenvalue weighted by atomic mass is 10.2. The van der Waals surface area contributed by atoms with Gasteiger partial charge in [0.1, 0.15) is 23.5 Å². The highest BCUT2D eigenvalue weighted by atomic mass is 16.5. The normalized spacial score (nSPS) is 18.7. The van der Waals surface area contributed by atoms with Crippen molar-refractivity contribution in [2.24, 2.45) is 5.84 Å². The molecule has 1 aliphatic rings. The van der Waals surface area contributed by atoms with Gasteiger partial charge in [-0.2, -0.15) is 0 Å². The number of amides is 1. The van der Waals surface area contributed by atoms with E-state index >= 15 is 0 Å². The topological polar surface area (TPSA) is 105 Å². The zero-order valence-electron chi connectivity index (χ0n) is 12.6. The number of hydrogen-bond acceptors (Lipinski definition) is 7. The van der Waals surface area contributed by atoms with Crippen molar-refractivity contribution in [2.45, 2.75) is 32.9 Å². The highest BCUT2D eigenvalue weighted by Crippen LogP contribution is 2.20. The first-order valence-electron chi connectivity index (χ1n) is 6.98. The van der Waals surface area contributed by atoms with Crippen molar-refractivity contribution in [3.05, 3.63) is 11.9 Å². The molecule has 116 valence electrons. The van der Waals surface area contributed by atoms with Crippen LogP contribution in [0.4, 0.5) is 11.6 Å². The molecule has 21 heavy (non-hydrogen) atoms. The fourth-order valence-electron chi connectivity index (χ4n) is 2.25. The van der Waals surface area contributed by atoms with Gasteiger partial charge in [-0.15, -0.1) is 0 Å². The van der Waals surface area contributed by atoms with E-state index in [1.807, 2.05) is 18.7 Å². The third-order valence-corrected chi connectivity index (χ3v) is 3.13. The largest absolute Gasteiger partial charge is 0.377 e. The molecule has 1 aliphatic heterocycles. The molecule has 1 unspecified atom stereocenters. The summed E-state index contributed by atoms with van der Waals surface area (Å²) in [6, 6.07) is 1.41. The molecule has 8 heteroatoms. The van der Waals surface area contributed by atoms with Gasteiger partial charge in [-0.3, -0.25) is 4.79 Å². The lowest BCUT2D eigenvalue weighted by Crippen LogP contribution is -2.55. The Kier molecular flexibility index (Phi) is 4.92. The van der Waals surface area contributed by atoms with E-state index < -0.39 is 6.04 Å². The summed E-state index contributed by atoms with van der Waals surface area (Å²) in [6.07, 6.45) is 0. The Morgan fingerprint density at radius 3 is 2.95 bits per heavy atom. The number of aryl methyl sites for hydroxylation is 1. The number of morpholine rings is 1. The van der Waals surface area contributed by atoms with Gasteiger partial charge in [0.05, 0.1) is 13.2 Å². The Morgan fingerprint density at radius 2 is 2.29 bits per heavy atom. The van der Waals surface area contributed by atoms with Crippen LogP contribution < -0.4 is 21.5 Å². The third-order valence-electron chi connectivity index (χ3n) is 3.13. The van der Waals surface area contributed by atoms with E-state index in [9.17, 15) is 4.79 Å². The van der Waals surface area contributed by atoms with Crippen LogP contribution in [0.15, 0.2) is 6.07 Å². The molecule has 1 fully saturated rings. The molecule has 1 aromatic heterocycles. The van der Waals surface area contributed by atoms with Crippen LogP contribution in [-0.4, -0.2) is 47.7 Å². The summed E-state index contributed by atoms with van der Waals surface area (Å²) in [6.45, 7) is 7.13. The lowest BCUT2D eigenvalue weighted by Gasteiger charge is -2.36. The van der Waals surface area contributed by atoms with Crippen LogP contribution in [0, 0.1) is 6.92 Å². The number of carbonyl (C=O) groups excluding carboxylic acids is 1. The average molecular weight is 294 g/mol. The SMILES string of the molecule is Cc1nc(NN)cc(N2CCOCC2C(=O)NC(C)C)n1. The number of nitrogens with zero attached hydrogens (tertiary/aromatic N) is 3. The zero-order valence-corrected chi connectivity index (χ0v) is 12.6. The summed E-state index contributed by atoms with van der Waals surface area (Å²) in [5.41, 5.74) is 2.51. The van der Waals surface area contributed by atoms with Gasteiger partial charge in [0.15, 0.2) is 0 Å². The predicted molar refractivity (Wildman–Crippen MR) is 79.8 cm³/mol. The number of nitrogens with two attached hydrogens (primary N) is 1. The van der Waals surface area contributed by atoms with Gasteiger partial charge >= 0.3 is 0 Å². The highest BCUT2D eigenvalue weighted by molar-refractivity contribution is 5.85. The van der Waals surface area contributed by atoms with Crippen molar-refractivity contribution in [3.8, 4) is 0 Å². The molecular weight excluding hydrogens is 272 g/mol. The summed E-state index contributed by atoms with van der Waals surface area (Å²) < 4.78 is 5.44. The molecule has 0 bridgehead atoms. The molecule has 1 amide bonds. The lowest BCUT2D eigenvalue weighted by molar-refractivity contribution is -0.125. The Hall–Kier alpha value is -1.93. The molecule has 0 spiro atoms. The molecule has 8 nitrogen and oxygen atoms in total. The quantitative estimate of drug-likeness (QED) is 0.521. The maximum atomic E-state index is 12.3. The van der Waals surface area contributed by atoms with E-state index in [1.165, 1.54) is 0 Å². The summed E-state index contributed by atoms with van der Waals surface area (Å²) in [5.74, 6) is 7.13. The van der Waals surface area contributed by atoms with E-state index in [0.29, 0.717) is 37.2 Å². The van der Waals surface area contributed by atoms with Crippen molar-refractivity contribution in [1.82, 2.24) is 15.3 Å². The fourth-order valence-corrected chi connectivity index (χ4v) is 2.25. The van der Waals surface area contributed by atoms with Gasteiger partial charge in [-0.1, -0.05) is 0 Å². The zero-order chi connectivity index (χ0) is 15.4. The third kappa shape index (κ3) is 3.79. The minimum Gasteiger partial charge on any atom is -0.377 e. The van der Waals surface area contributed by atoms with Gasteiger partial charge < -0.3 is 20.4 Å². The maximum Gasteiger partial charge on any atom is 0.245 e. The molecule has 4 N–H and O–H groups in total. The van der Waals surface area contributed by atoms with Crippen molar-refractivity contribution in [1.29, 1.82) is 0 Å². The van der Waals surface area contributed by atoms with Crippen LogP contribution in [-0.2, 0) is 9.53 Å². The molecule has 2 heterocycles. The first kappa shape index (κ1) is 15.5. The summed E-state index contributed by atoms with van der Waals surface area (Å²) >= 11 is 0. The number of rotatable bonds is 4. The summed E-state index contributed by atoms with van der Waals surface area (Å²) in [7, 11) is 0. The van der Waals surface area contributed by atoms with Crippen LogP contribution in [0.2, 0.25) is 0 Å². The van der Waals surface area contributed by atoms with E-state index in [0.717, 1.165) is 0 Å². The summed E-state index contributed by atoms with van der Waals surface area (Å²) in [4.78, 5) is 22.8. The van der Waals surface area contributed by atoms with Gasteiger partial charge in [0.25, 0.3) is 0 Å².